The molecular weight excluding hydrogens is 343 g/mol. The smallest absolute Gasteiger partial charge is 0.301 e. The standard InChI is InChI=1S/C11H16ClO5PS2/c1-3-16-18(13,17-4-2)19-9-20(14,15)11-7-5-10(12)6-8-11/h5-8H,3-4,9H2,1-2H3. The number of rotatable bonds is 8. The summed E-state index contributed by atoms with van der Waals surface area (Å²) in [5.74, 6) is 0. The molecule has 1 rings (SSSR count). The molecule has 0 amide bonds. The van der Waals surface area contributed by atoms with Gasteiger partial charge in [0.05, 0.1) is 18.1 Å². The number of halogens is 1. The molecular formula is C11H16ClO5PS2. The molecule has 0 fully saturated rings. The van der Waals surface area contributed by atoms with E-state index < -0.39 is 16.6 Å². The van der Waals surface area contributed by atoms with Crippen molar-refractivity contribution in [3.8, 4) is 0 Å². The largest absolute Gasteiger partial charge is 0.390 e. The van der Waals surface area contributed by atoms with Crippen molar-refractivity contribution >= 4 is 39.6 Å². The summed E-state index contributed by atoms with van der Waals surface area (Å²) in [6.45, 7) is 0.270. The van der Waals surface area contributed by atoms with Gasteiger partial charge in [-0.25, -0.2) is 13.0 Å². The summed E-state index contributed by atoms with van der Waals surface area (Å²) in [7, 11) is -3.57. The predicted molar refractivity (Wildman–Crippen MR) is 82.0 cm³/mol. The Labute approximate surface area is 128 Å². The Morgan fingerprint density at radius 3 is 2.10 bits per heavy atom. The minimum absolute atomic E-state index is 0.119. The molecule has 0 unspecified atom stereocenters. The number of hydrogen-bond donors (Lipinski definition) is 0. The van der Waals surface area contributed by atoms with Crippen LogP contribution in [0.25, 0.3) is 0 Å². The topological polar surface area (TPSA) is 69.7 Å². The van der Waals surface area contributed by atoms with Crippen LogP contribution in [0, 0.1) is 0 Å². The van der Waals surface area contributed by atoms with Crippen molar-refractivity contribution < 1.29 is 22.0 Å². The van der Waals surface area contributed by atoms with Gasteiger partial charge in [-0.05, 0) is 49.5 Å². The maximum absolute atomic E-state index is 12.2. The van der Waals surface area contributed by atoms with Gasteiger partial charge in [0.25, 0.3) is 0 Å². The van der Waals surface area contributed by atoms with Crippen molar-refractivity contribution in [1.82, 2.24) is 0 Å². The lowest BCUT2D eigenvalue weighted by atomic mass is 10.4. The summed E-state index contributed by atoms with van der Waals surface area (Å²) < 4.78 is 46.4. The third-order valence-electron chi connectivity index (χ3n) is 2.11. The quantitative estimate of drug-likeness (QED) is 0.654. The highest BCUT2D eigenvalue weighted by Crippen LogP contribution is 2.61. The van der Waals surface area contributed by atoms with E-state index in [1.807, 2.05) is 0 Å². The van der Waals surface area contributed by atoms with Crippen LogP contribution in [0.15, 0.2) is 29.2 Å². The van der Waals surface area contributed by atoms with Crippen LogP contribution in [-0.4, -0.2) is 26.7 Å². The Morgan fingerprint density at radius 1 is 1.15 bits per heavy atom. The molecule has 0 N–H and O–H groups in total. The maximum atomic E-state index is 12.2. The molecule has 5 nitrogen and oxygen atoms in total. The lowest BCUT2D eigenvalue weighted by molar-refractivity contribution is 0.237. The first-order chi connectivity index (χ1) is 9.33. The van der Waals surface area contributed by atoms with Crippen LogP contribution >= 0.6 is 29.8 Å². The fraction of sp³-hybridized carbons (Fsp3) is 0.455. The summed E-state index contributed by atoms with van der Waals surface area (Å²) in [5, 5.41) is 0.0669. The van der Waals surface area contributed by atoms with Crippen LogP contribution in [-0.2, 0) is 23.4 Å². The molecule has 0 atom stereocenters. The highest BCUT2D eigenvalue weighted by atomic mass is 35.5. The molecule has 0 aliphatic carbocycles. The molecule has 0 heterocycles. The summed E-state index contributed by atoms with van der Waals surface area (Å²) in [4.78, 5) is 0.119. The normalized spacial score (nSPS) is 12.6. The predicted octanol–water partition coefficient (Wildman–Crippen LogP) is 3.99. The second-order valence-corrected chi connectivity index (χ2v) is 10.5. The monoisotopic (exact) mass is 358 g/mol. The second kappa shape index (κ2) is 7.82. The van der Waals surface area contributed by atoms with Crippen molar-refractivity contribution in [3.63, 3.8) is 0 Å². The van der Waals surface area contributed by atoms with Gasteiger partial charge < -0.3 is 9.05 Å². The first-order valence-corrected chi connectivity index (χ1v) is 11.0. The zero-order valence-corrected chi connectivity index (χ0v) is 14.4. The van der Waals surface area contributed by atoms with Gasteiger partial charge in [0.2, 0.25) is 0 Å². The van der Waals surface area contributed by atoms with Crippen LogP contribution in [0.1, 0.15) is 13.8 Å². The molecule has 0 aliphatic rings. The molecule has 1 aromatic rings. The second-order valence-electron chi connectivity index (χ2n) is 3.60. The maximum Gasteiger partial charge on any atom is 0.390 e. The van der Waals surface area contributed by atoms with E-state index in [-0.39, 0.29) is 23.2 Å². The molecule has 0 aliphatic heterocycles. The number of hydrogen-bond acceptors (Lipinski definition) is 6. The van der Waals surface area contributed by atoms with E-state index in [1.54, 1.807) is 13.8 Å². The molecule has 0 bridgehead atoms. The molecule has 0 saturated carbocycles. The van der Waals surface area contributed by atoms with Gasteiger partial charge in [0.15, 0.2) is 9.84 Å². The van der Waals surface area contributed by atoms with Crippen LogP contribution in [0.5, 0.6) is 0 Å². The highest BCUT2D eigenvalue weighted by Gasteiger charge is 2.28. The van der Waals surface area contributed by atoms with Crippen LogP contribution in [0.2, 0.25) is 5.02 Å². The fourth-order valence-corrected chi connectivity index (χ4v) is 7.91. The molecule has 1 aromatic carbocycles. The summed E-state index contributed by atoms with van der Waals surface area (Å²) in [6.07, 6.45) is 0. The SMILES string of the molecule is CCOP(=O)(OCC)SCS(=O)(=O)c1ccc(Cl)cc1. The van der Waals surface area contributed by atoms with Gasteiger partial charge in [-0.15, -0.1) is 0 Å². The van der Waals surface area contributed by atoms with Crippen molar-refractivity contribution in [1.29, 1.82) is 0 Å². The van der Waals surface area contributed by atoms with Crippen LogP contribution in [0.4, 0.5) is 0 Å². The van der Waals surface area contributed by atoms with E-state index in [0.717, 1.165) is 0 Å². The Morgan fingerprint density at radius 2 is 1.65 bits per heavy atom. The molecule has 114 valence electrons. The highest BCUT2D eigenvalue weighted by molar-refractivity contribution is 8.57. The average molecular weight is 359 g/mol. The van der Waals surface area contributed by atoms with Crippen molar-refractivity contribution in [2.45, 2.75) is 18.7 Å². The van der Waals surface area contributed by atoms with Gasteiger partial charge >= 0.3 is 6.80 Å². The van der Waals surface area contributed by atoms with E-state index in [0.29, 0.717) is 16.4 Å². The van der Waals surface area contributed by atoms with Gasteiger partial charge in [-0.3, -0.25) is 0 Å². The molecule has 20 heavy (non-hydrogen) atoms. The average Bonchev–Trinajstić information content (AvgIpc) is 2.38. The Bertz CT molecular complexity index is 563. The number of sulfone groups is 1. The first-order valence-electron chi connectivity index (χ1n) is 5.85. The summed E-state index contributed by atoms with van der Waals surface area (Å²) >= 11 is 6.38. The van der Waals surface area contributed by atoms with Crippen LogP contribution < -0.4 is 0 Å². The third kappa shape index (κ3) is 5.39. The van der Waals surface area contributed by atoms with Crippen molar-refractivity contribution in [3.05, 3.63) is 29.3 Å². The number of benzene rings is 1. The third-order valence-corrected chi connectivity index (χ3v) is 9.01. The Kier molecular flexibility index (Phi) is 7.04. The molecule has 9 heteroatoms. The van der Waals surface area contributed by atoms with Gasteiger partial charge in [0.1, 0.15) is 5.08 Å². The zero-order valence-electron chi connectivity index (χ0n) is 11.1. The molecule has 0 aromatic heterocycles. The van der Waals surface area contributed by atoms with Gasteiger partial charge in [-0.2, -0.15) is 0 Å². The van der Waals surface area contributed by atoms with Crippen molar-refractivity contribution in [2.24, 2.45) is 0 Å². The lowest BCUT2D eigenvalue weighted by Crippen LogP contribution is -2.05. The van der Waals surface area contributed by atoms with Crippen molar-refractivity contribution in [2.75, 3.05) is 18.3 Å². The Balaban J connectivity index is 2.81. The molecule has 0 saturated heterocycles. The molecule has 0 radical (unpaired) electrons. The minimum Gasteiger partial charge on any atom is -0.301 e. The van der Waals surface area contributed by atoms with E-state index in [9.17, 15) is 13.0 Å². The van der Waals surface area contributed by atoms with E-state index >= 15 is 0 Å². The van der Waals surface area contributed by atoms with E-state index in [4.69, 9.17) is 20.6 Å². The first kappa shape index (κ1) is 18.0. The van der Waals surface area contributed by atoms with Crippen LogP contribution in [0.3, 0.4) is 0 Å². The fourth-order valence-electron chi connectivity index (χ4n) is 1.27. The Hall–Kier alpha value is -0.0400. The van der Waals surface area contributed by atoms with Gasteiger partial charge in [-0.1, -0.05) is 11.6 Å². The lowest BCUT2D eigenvalue weighted by Gasteiger charge is -2.15. The molecule has 0 spiro atoms. The van der Waals surface area contributed by atoms with Gasteiger partial charge in [0, 0.05) is 5.02 Å². The summed E-state index contributed by atoms with van der Waals surface area (Å²) in [6, 6.07) is 5.79. The van der Waals surface area contributed by atoms with E-state index in [2.05, 4.69) is 0 Å². The zero-order chi connectivity index (χ0) is 15.2. The minimum atomic E-state index is -3.57. The van der Waals surface area contributed by atoms with E-state index in [1.165, 1.54) is 24.3 Å². The summed E-state index contributed by atoms with van der Waals surface area (Å²) in [5.41, 5.74) is 0.